The number of aryl methyl sites for hydroxylation is 1. The molecule has 0 spiro atoms. The van der Waals surface area contributed by atoms with E-state index in [1.807, 2.05) is 36.4 Å². The first-order valence-electron chi connectivity index (χ1n) is 9.40. The summed E-state index contributed by atoms with van der Waals surface area (Å²) in [6, 6.07) is 24.9. The van der Waals surface area contributed by atoms with Gasteiger partial charge in [0.05, 0.1) is 0 Å². The lowest BCUT2D eigenvalue weighted by Gasteiger charge is -2.23. The van der Waals surface area contributed by atoms with Crippen molar-refractivity contribution >= 4 is 5.97 Å². The molecule has 0 aliphatic carbocycles. The summed E-state index contributed by atoms with van der Waals surface area (Å²) in [6.07, 6.45) is 0. The lowest BCUT2D eigenvalue weighted by atomic mass is 9.85. The van der Waals surface area contributed by atoms with Gasteiger partial charge in [-0.05, 0) is 18.1 Å². The van der Waals surface area contributed by atoms with E-state index in [0.29, 0.717) is 5.75 Å². The predicted octanol–water partition coefficient (Wildman–Crippen LogP) is 6.22. The van der Waals surface area contributed by atoms with Gasteiger partial charge < -0.3 is 4.74 Å². The molecule has 2 unspecified atom stereocenters. The Labute approximate surface area is 161 Å². The molecule has 0 saturated carbocycles. The number of hydrogen-bond acceptors (Lipinski definition) is 2. The lowest BCUT2D eigenvalue weighted by Crippen LogP contribution is -2.11. The zero-order valence-electron chi connectivity index (χ0n) is 16.4. The smallest absolute Gasteiger partial charge is 0.308 e. The molecular weight excluding hydrogens is 332 g/mol. The highest BCUT2D eigenvalue weighted by Crippen LogP contribution is 2.40. The number of rotatable bonds is 5. The average molecular weight is 358 g/mol. The number of esters is 1. The molecule has 138 valence electrons. The van der Waals surface area contributed by atoms with Gasteiger partial charge in [0, 0.05) is 29.9 Å². The van der Waals surface area contributed by atoms with Gasteiger partial charge in [-0.15, -0.1) is 0 Å². The van der Waals surface area contributed by atoms with E-state index in [0.717, 1.165) is 11.1 Å². The minimum absolute atomic E-state index is 0.127. The molecule has 0 fully saturated rings. The molecule has 3 aromatic carbocycles. The lowest BCUT2D eigenvalue weighted by molar-refractivity contribution is -0.132. The van der Waals surface area contributed by atoms with Crippen molar-refractivity contribution in [3.8, 4) is 5.75 Å². The van der Waals surface area contributed by atoms with Crippen LogP contribution in [0.5, 0.6) is 5.75 Å². The molecule has 2 heteroatoms. The van der Waals surface area contributed by atoms with Gasteiger partial charge in [-0.1, -0.05) is 92.2 Å². The number of benzene rings is 3. The molecule has 0 N–H and O–H groups in total. The second-order valence-corrected chi connectivity index (χ2v) is 7.13. The topological polar surface area (TPSA) is 26.3 Å². The molecular formula is C25H26O2. The molecule has 0 aliphatic heterocycles. The standard InChI is InChI=1S/C25H26O2/c1-17-15-23(18(2)21-11-7-5-8-12-21)25(27-20(4)26)24(16-17)19(3)22-13-9-6-10-14-22/h5-16,18-19H,1-4H3. The highest BCUT2D eigenvalue weighted by molar-refractivity contribution is 5.71. The molecule has 0 aliphatic rings. The molecule has 0 aromatic heterocycles. The SMILES string of the molecule is CC(=O)Oc1c(C(C)c2ccccc2)cc(C)cc1C(C)c1ccccc1. The van der Waals surface area contributed by atoms with Crippen molar-refractivity contribution in [2.75, 3.05) is 0 Å². The van der Waals surface area contributed by atoms with Crippen LogP contribution in [-0.2, 0) is 4.79 Å². The summed E-state index contributed by atoms with van der Waals surface area (Å²) in [5.74, 6) is 0.659. The van der Waals surface area contributed by atoms with Crippen LogP contribution in [0.15, 0.2) is 72.8 Å². The number of carbonyl (C=O) groups excluding carboxylic acids is 1. The zero-order chi connectivity index (χ0) is 19.4. The highest BCUT2D eigenvalue weighted by Gasteiger charge is 2.23. The Morgan fingerprint density at radius 2 is 1.19 bits per heavy atom. The fourth-order valence-electron chi connectivity index (χ4n) is 3.58. The number of ether oxygens (including phenoxy) is 1. The van der Waals surface area contributed by atoms with Crippen molar-refractivity contribution in [2.24, 2.45) is 0 Å². The van der Waals surface area contributed by atoms with Gasteiger partial charge in [-0.25, -0.2) is 0 Å². The Hall–Kier alpha value is -2.87. The van der Waals surface area contributed by atoms with Gasteiger partial charge >= 0.3 is 5.97 Å². The van der Waals surface area contributed by atoms with Crippen LogP contribution in [0.4, 0.5) is 0 Å². The minimum atomic E-state index is -0.290. The predicted molar refractivity (Wildman–Crippen MR) is 110 cm³/mol. The fraction of sp³-hybridized carbons (Fsp3) is 0.240. The normalized spacial score (nSPS) is 13.0. The molecule has 0 radical (unpaired) electrons. The summed E-state index contributed by atoms with van der Waals surface area (Å²) in [4.78, 5) is 11.9. The van der Waals surface area contributed by atoms with E-state index >= 15 is 0 Å². The van der Waals surface area contributed by atoms with Crippen LogP contribution in [-0.4, -0.2) is 5.97 Å². The summed E-state index contributed by atoms with van der Waals surface area (Å²) in [5.41, 5.74) is 5.68. The monoisotopic (exact) mass is 358 g/mol. The first kappa shape index (κ1) is 18.9. The van der Waals surface area contributed by atoms with Gasteiger partial charge in [0.2, 0.25) is 0 Å². The molecule has 2 atom stereocenters. The summed E-state index contributed by atoms with van der Waals surface area (Å²) in [5, 5.41) is 0. The van der Waals surface area contributed by atoms with Gasteiger partial charge in [-0.3, -0.25) is 4.79 Å². The van der Waals surface area contributed by atoms with Gasteiger partial charge in [-0.2, -0.15) is 0 Å². The van der Waals surface area contributed by atoms with E-state index in [9.17, 15) is 4.79 Å². The zero-order valence-corrected chi connectivity index (χ0v) is 16.4. The van der Waals surface area contributed by atoms with E-state index in [-0.39, 0.29) is 17.8 Å². The van der Waals surface area contributed by atoms with Crippen molar-refractivity contribution in [2.45, 2.75) is 39.5 Å². The van der Waals surface area contributed by atoms with Crippen LogP contribution in [0.1, 0.15) is 60.4 Å². The van der Waals surface area contributed by atoms with Crippen LogP contribution in [0, 0.1) is 6.92 Å². The summed E-state index contributed by atoms with van der Waals surface area (Å²) >= 11 is 0. The Kier molecular flexibility index (Phi) is 5.75. The van der Waals surface area contributed by atoms with Gasteiger partial charge in [0.15, 0.2) is 0 Å². The van der Waals surface area contributed by atoms with Crippen molar-refractivity contribution in [1.29, 1.82) is 0 Å². The first-order valence-corrected chi connectivity index (χ1v) is 9.40. The quantitative estimate of drug-likeness (QED) is 0.399. The third-order valence-corrected chi connectivity index (χ3v) is 5.07. The molecule has 0 amide bonds. The van der Waals surface area contributed by atoms with E-state index in [4.69, 9.17) is 4.74 Å². The van der Waals surface area contributed by atoms with Gasteiger partial charge in [0.1, 0.15) is 5.75 Å². The van der Waals surface area contributed by atoms with Crippen molar-refractivity contribution in [1.82, 2.24) is 0 Å². The summed E-state index contributed by atoms with van der Waals surface area (Å²) < 4.78 is 5.78. The Morgan fingerprint density at radius 3 is 1.56 bits per heavy atom. The Balaban J connectivity index is 2.16. The molecule has 0 heterocycles. The highest BCUT2D eigenvalue weighted by atomic mass is 16.5. The van der Waals surface area contributed by atoms with Crippen LogP contribution in [0.2, 0.25) is 0 Å². The molecule has 3 rings (SSSR count). The van der Waals surface area contributed by atoms with Crippen LogP contribution < -0.4 is 4.74 Å². The maximum atomic E-state index is 11.9. The maximum Gasteiger partial charge on any atom is 0.308 e. The van der Waals surface area contributed by atoms with E-state index in [1.54, 1.807) is 0 Å². The largest absolute Gasteiger partial charge is 0.426 e. The van der Waals surface area contributed by atoms with Crippen LogP contribution >= 0.6 is 0 Å². The van der Waals surface area contributed by atoms with Crippen molar-refractivity contribution in [3.05, 3.63) is 101 Å². The molecule has 0 saturated heterocycles. The van der Waals surface area contributed by atoms with Crippen LogP contribution in [0.3, 0.4) is 0 Å². The summed E-state index contributed by atoms with van der Waals surface area (Å²) in [7, 11) is 0. The molecule has 0 bridgehead atoms. The van der Waals surface area contributed by atoms with E-state index < -0.39 is 0 Å². The molecule has 3 aromatic rings. The van der Waals surface area contributed by atoms with Crippen molar-refractivity contribution in [3.63, 3.8) is 0 Å². The average Bonchev–Trinajstić information content (AvgIpc) is 2.69. The maximum absolute atomic E-state index is 11.9. The fourth-order valence-corrected chi connectivity index (χ4v) is 3.58. The van der Waals surface area contributed by atoms with Gasteiger partial charge in [0.25, 0.3) is 0 Å². The third-order valence-electron chi connectivity index (χ3n) is 5.07. The number of carbonyl (C=O) groups is 1. The Morgan fingerprint density at radius 1 is 0.778 bits per heavy atom. The second kappa shape index (κ2) is 8.22. The number of hydrogen-bond donors (Lipinski definition) is 0. The molecule has 2 nitrogen and oxygen atoms in total. The molecule has 27 heavy (non-hydrogen) atoms. The Bertz CT molecular complexity index is 847. The second-order valence-electron chi connectivity index (χ2n) is 7.13. The minimum Gasteiger partial charge on any atom is -0.426 e. The van der Waals surface area contributed by atoms with Crippen molar-refractivity contribution < 1.29 is 9.53 Å². The van der Waals surface area contributed by atoms with E-state index in [1.165, 1.54) is 23.6 Å². The van der Waals surface area contributed by atoms with E-state index in [2.05, 4.69) is 57.2 Å². The third kappa shape index (κ3) is 4.28. The first-order chi connectivity index (χ1) is 13.0. The van der Waals surface area contributed by atoms with Crippen LogP contribution in [0.25, 0.3) is 0 Å². The summed E-state index contributed by atoms with van der Waals surface area (Å²) in [6.45, 7) is 7.88.